The molecule has 0 bridgehead atoms. The number of nitrogens with zero attached hydrogens (tertiary/aromatic N) is 1. The van der Waals surface area contributed by atoms with Gasteiger partial charge >= 0.3 is 0 Å². The van der Waals surface area contributed by atoms with Crippen LogP contribution in [0.1, 0.15) is 16.1 Å². The summed E-state index contributed by atoms with van der Waals surface area (Å²) in [6, 6.07) is 13.8. The van der Waals surface area contributed by atoms with Crippen molar-refractivity contribution in [3.05, 3.63) is 65.6 Å². The molecule has 0 fully saturated rings. The van der Waals surface area contributed by atoms with Crippen LogP contribution in [0.3, 0.4) is 0 Å². The molecule has 3 rings (SSSR count). The maximum atomic E-state index is 13.8. The van der Waals surface area contributed by atoms with Crippen LogP contribution in [0.15, 0.2) is 48.5 Å². The van der Waals surface area contributed by atoms with E-state index in [0.717, 1.165) is 5.56 Å². The molecule has 0 saturated carbocycles. The molecule has 0 atom stereocenters. The van der Waals surface area contributed by atoms with Crippen LogP contribution in [-0.2, 0) is 18.4 Å². The molecule has 1 aromatic heterocycles. The first-order chi connectivity index (χ1) is 11.1. The molecule has 23 heavy (non-hydrogen) atoms. The number of fused-ring (bicyclic) bond motifs is 1. The van der Waals surface area contributed by atoms with Gasteiger partial charge in [-0.25, -0.2) is 4.39 Å². The first kappa shape index (κ1) is 15.2. The van der Waals surface area contributed by atoms with E-state index in [1.807, 2.05) is 18.2 Å². The van der Waals surface area contributed by atoms with Gasteiger partial charge in [0.15, 0.2) is 0 Å². The fraction of sp³-hybridized carbons (Fsp3) is 0.167. The zero-order valence-electron chi connectivity index (χ0n) is 13.0. The molecule has 3 aromatic rings. The predicted molar refractivity (Wildman–Crippen MR) is 88.0 cm³/mol. The molecule has 0 spiro atoms. The van der Waals surface area contributed by atoms with Crippen molar-refractivity contribution in [1.82, 2.24) is 4.57 Å². The van der Waals surface area contributed by atoms with Crippen LogP contribution in [0, 0.1) is 5.82 Å². The number of hydrogen-bond donors (Lipinski definition) is 1. The third-order valence-corrected chi connectivity index (χ3v) is 3.76. The Morgan fingerprint density at radius 3 is 2.74 bits per heavy atom. The number of amides is 1. The molecule has 0 aliphatic rings. The molecule has 0 unspecified atom stereocenters. The first-order valence-electron chi connectivity index (χ1n) is 7.23. The quantitative estimate of drug-likeness (QED) is 0.798. The Hall–Kier alpha value is -2.66. The van der Waals surface area contributed by atoms with Gasteiger partial charge in [-0.1, -0.05) is 18.2 Å². The Morgan fingerprint density at radius 1 is 1.22 bits per heavy atom. The van der Waals surface area contributed by atoms with Crippen molar-refractivity contribution in [2.75, 3.05) is 12.4 Å². The van der Waals surface area contributed by atoms with E-state index in [2.05, 4.69) is 5.32 Å². The standard InChI is InChI=1S/C18H17FN2O2/c1-21-16-8-4-7-15(19)14(16)10-17(21)18(22)20-13-6-3-5-12(9-13)11-23-2/h3-10H,11H2,1-2H3,(H,20,22). The average molecular weight is 312 g/mol. The summed E-state index contributed by atoms with van der Waals surface area (Å²) in [7, 11) is 3.37. The van der Waals surface area contributed by atoms with Crippen LogP contribution in [0.2, 0.25) is 0 Å². The van der Waals surface area contributed by atoms with E-state index in [9.17, 15) is 9.18 Å². The van der Waals surface area contributed by atoms with Gasteiger partial charge in [0, 0.05) is 25.2 Å². The fourth-order valence-corrected chi connectivity index (χ4v) is 2.64. The van der Waals surface area contributed by atoms with Crippen molar-refractivity contribution >= 4 is 22.5 Å². The van der Waals surface area contributed by atoms with E-state index in [4.69, 9.17) is 4.74 Å². The Labute approximate surface area is 133 Å². The molecule has 0 aliphatic heterocycles. The minimum absolute atomic E-state index is 0.280. The van der Waals surface area contributed by atoms with Gasteiger partial charge < -0.3 is 14.6 Å². The van der Waals surface area contributed by atoms with Gasteiger partial charge in [0.25, 0.3) is 5.91 Å². The summed E-state index contributed by atoms with van der Waals surface area (Å²) in [5.41, 5.74) is 2.73. The second-order valence-electron chi connectivity index (χ2n) is 5.35. The van der Waals surface area contributed by atoms with Crippen molar-refractivity contribution in [2.45, 2.75) is 6.61 Å². The van der Waals surface area contributed by atoms with E-state index in [-0.39, 0.29) is 11.7 Å². The number of anilines is 1. The average Bonchev–Trinajstić information content (AvgIpc) is 2.87. The van der Waals surface area contributed by atoms with Crippen molar-refractivity contribution in [2.24, 2.45) is 7.05 Å². The van der Waals surface area contributed by atoms with Crippen molar-refractivity contribution in [3.63, 3.8) is 0 Å². The molecular weight excluding hydrogens is 295 g/mol. The first-order valence-corrected chi connectivity index (χ1v) is 7.23. The normalized spacial score (nSPS) is 10.9. The van der Waals surface area contributed by atoms with Gasteiger partial charge in [-0.15, -0.1) is 0 Å². The Bertz CT molecular complexity index is 871. The number of hydrogen-bond acceptors (Lipinski definition) is 2. The summed E-state index contributed by atoms with van der Waals surface area (Å²) < 4.78 is 20.6. The summed E-state index contributed by atoms with van der Waals surface area (Å²) in [6.45, 7) is 0.475. The highest BCUT2D eigenvalue weighted by Crippen LogP contribution is 2.22. The van der Waals surface area contributed by atoms with Gasteiger partial charge in [-0.05, 0) is 35.9 Å². The molecule has 0 radical (unpaired) electrons. The van der Waals surface area contributed by atoms with Gasteiger partial charge in [-0.2, -0.15) is 0 Å². The molecule has 1 N–H and O–H groups in total. The zero-order valence-corrected chi connectivity index (χ0v) is 13.0. The number of ether oxygens (including phenoxy) is 1. The highest BCUT2D eigenvalue weighted by molar-refractivity contribution is 6.06. The van der Waals surface area contributed by atoms with Crippen LogP contribution in [0.25, 0.3) is 10.9 Å². The fourth-order valence-electron chi connectivity index (χ4n) is 2.64. The topological polar surface area (TPSA) is 43.3 Å². The van der Waals surface area contributed by atoms with Crippen molar-refractivity contribution < 1.29 is 13.9 Å². The Kier molecular flexibility index (Phi) is 4.12. The molecule has 2 aromatic carbocycles. The number of halogens is 1. The lowest BCUT2D eigenvalue weighted by Gasteiger charge is -2.08. The van der Waals surface area contributed by atoms with Gasteiger partial charge in [0.05, 0.1) is 12.1 Å². The van der Waals surface area contributed by atoms with Gasteiger partial charge in [0.2, 0.25) is 0 Å². The van der Waals surface area contributed by atoms with Crippen LogP contribution < -0.4 is 5.32 Å². The van der Waals surface area contributed by atoms with Crippen LogP contribution >= 0.6 is 0 Å². The molecule has 1 amide bonds. The second-order valence-corrected chi connectivity index (χ2v) is 5.35. The lowest BCUT2D eigenvalue weighted by atomic mass is 10.2. The van der Waals surface area contributed by atoms with Crippen LogP contribution in [-0.4, -0.2) is 17.6 Å². The number of benzene rings is 2. The highest BCUT2D eigenvalue weighted by atomic mass is 19.1. The van der Waals surface area contributed by atoms with E-state index >= 15 is 0 Å². The summed E-state index contributed by atoms with van der Waals surface area (Å²) in [6.07, 6.45) is 0. The van der Waals surface area contributed by atoms with Gasteiger partial charge in [0.1, 0.15) is 11.5 Å². The monoisotopic (exact) mass is 312 g/mol. The maximum absolute atomic E-state index is 13.8. The summed E-state index contributed by atoms with van der Waals surface area (Å²) in [5, 5.41) is 3.28. The summed E-state index contributed by atoms with van der Waals surface area (Å²) in [4.78, 5) is 12.5. The molecular formula is C18H17FN2O2. The summed E-state index contributed by atoms with van der Waals surface area (Å²) in [5.74, 6) is -0.614. The maximum Gasteiger partial charge on any atom is 0.272 e. The lowest BCUT2D eigenvalue weighted by molar-refractivity contribution is 0.101. The number of aromatic nitrogens is 1. The largest absolute Gasteiger partial charge is 0.380 e. The van der Waals surface area contributed by atoms with E-state index in [0.29, 0.717) is 28.9 Å². The predicted octanol–water partition coefficient (Wildman–Crippen LogP) is 3.72. The third-order valence-electron chi connectivity index (χ3n) is 3.76. The molecule has 5 heteroatoms. The number of carbonyl (C=O) groups is 1. The number of aryl methyl sites for hydroxylation is 1. The number of rotatable bonds is 4. The highest BCUT2D eigenvalue weighted by Gasteiger charge is 2.15. The van der Waals surface area contributed by atoms with Crippen molar-refractivity contribution in [1.29, 1.82) is 0 Å². The molecule has 4 nitrogen and oxygen atoms in total. The zero-order chi connectivity index (χ0) is 16.4. The third kappa shape index (κ3) is 2.96. The lowest BCUT2D eigenvalue weighted by Crippen LogP contribution is -2.15. The summed E-state index contributed by atoms with van der Waals surface area (Å²) >= 11 is 0. The minimum atomic E-state index is -0.334. The van der Waals surface area contributed by atoms with Crippen LogP contribution in [0.5, 0.6) is 0 Å². The van der Waals surface area contributed by atoms with Gasteiger partial charge in [-0.3, -0.25) is 4.79 Å². The van der Waals surface area contributed by atoms with E-state index < -0.39 is 0 Å². The Morgan fingerprint density at radius 2 is 2.00 bits per heavy atom. The van der Waals surface area contributed by atoms with Crippen LogP contribution in [0.4, 0.5) is 10.1 Å². The van der Waals surface area contributed by atoms with Crippen molar-refractivity contribution in [3.8, 4) is 0 Å². The number of carbonyl (C=O) groups excluding carboxylic acids is 1. The SMILES string of the molecule is COCc1cccc(NC(=O)c2cc3c(F)cccc3n2C)c1. The number of nitrogens with one attached hydrogen (secondary N) is 1. The Balaban J connectivity index is 1.90. The molecule has 1 heterocycles. The van der Waals surface area contributed by atoms with E-state index in [1.165, 1.54) is 6.07 Å². The smallest absolute Gasteiger partial charge is 0.272 e. The van der Waals surface area contributed by atoms with E-state index in [1.54, 1.807) is 43.0 Å². The molecule has 0 saturated heterocycles. The minimum Gasteiger partial charge on any atom is -0.380 e. The second kappa shape index (κ2) is 6.22. The molecule has 118 valence electrons. The molecule has 0 aliphatic carbocycles. The number of methoxy groups -OCH3 is 1.